The van der Waals surface area contributed by atoms with Crippen LogP contribution in [0.5, 0.6) is 0 Å². The normalized spacial score (nSPS) is 21.1. The lowest BCUT2D eigenvalue weighted by molar-refractivity contribution is 0.154. The van der Waals surface area contributed by atoms with Gasteiger partial charge in [-0.1, -0.05) is 0 Å². The maximum atomic E-state index is 10.9. The van der Waals surface area contributed by atoms with Crippen LogP contribution in [0, 0.1) is 17.2 Å². The third kappa shape index (κ3) is 3.05. The number of nitriles is 1. The van der Waals surface area contributed by atoms with Gasteiger partial charge < -0.3 is 15.3 Å². The molecule has 1 amide bonds. The van der Waals surface area contributed by atoms with Crippen molar-refractivity contribution >= 4 is 11.9 Å². The number of anilines is 1. The fourth-order valence-corrected chi connectivity index (χ4v) is 2.56. The average molecular weight is 287 g/mol. The molecule has 2 heterocycles. The number of carboxylic acid groups (broad SMARTS) is 1. The largest absolute Gasteiger partial charge is 0.465 e. The smallest absolute Gasteiger partial charge is 0.407 e. The van der Waals surface area contributed by atoms with E-state index >= 15 is 0 Å². The first-order chi connectivity index (χ1) is 10.2. The first kappa shape index (κ1) is 13.6. The highest BCUT2D eigenvalue weighted by atomic mass is 16.4. The van der Waals surface area contributed by atoms with Gasteiger partial charge in [0, 0.05) is 25.6 Å². The van der Waals surface area contributed by atoms with Crippen molar-refractivity contribution in [2.75, 3.05) is 25.0 Å². The molecule has 1 aromatic rings. The average Bonchev–Trinajstić information content (AvgIpc) is 3.22. The van der Waals surface area contributed by atoms with Crippen LogP contribution in [0.4, 0.5) is 10.6 Å². The summed E-state index contributed by atoms with van der Waals surface area (Å²) in [5.41, 5.74) is 0.437. The van der Waals surface area contributed by atoms with E-state index in [2.05, 4.69) is 21.4 Å². The molecule has 1 aromatic heterocycles. The number of nitrogens with one attached hydrogen (secondary N) is 1. The van der Waals surface area contributed by atoms with Crippen molar-refractivity contribution in [3.63, 3.8) is 0 Å². The first-order valence-corrected chi connectivity index (χ1v) is 7.16. The molecule has 0 aromatic carbocycles. The fourth-order valence-electron chi connectivity index (χ4n) is 2.56. The highest BCUT2D eigenvalue weighted by Crippen LogP contribution is 2.38. The maximum absolute atomic E-state index is 10.9. The number of rotatable bonds is 4. The Morgan fingerprint density at radius 3 is 2.95 bits per heavy atom. The van der Waals surface area contributed by atoms with Gasteiger partial charge in [-0.2, -0.15) is 5.26 Å². The van der Waals surface area contributed by atoms with E-state index in [4.69, 9.17) is 10.4 Å². The second-order valence-electron chi connectivity index (χ2n) is 5.64. The third-order valence-electron chi connectivity index (χ3n) is 3.98. The molecule has 3 rings (SSSR count). The molecule has 2 aliphatic rings. The zero-order valence-electron chi connectivity index (χ0n) is 11.6. The highest BCUT2D eigenvalue weighted by Gasteiger charge is 2.28. The van der Waals surface area contributed by atoms with Crippen molar-refractivity contribution in [1.29, 1.82) is 5.26 Å². The molecular formula is C14H17N5O2. The van der Waals surface area contributed by atoms with Crippen LogP contribution >= 0.6 is 0 Å². The predicted molar refractivity (Wildman–Crippen MR) is 74.9 cm³/mol. The van der Waals surface area contributed by atoms with Gasteiger partial charge in [0.25, 0.3) is 0 Å². The standard InChI is InChI=1S/C14H17N5O2/c15-5-11-7-17-12(10-1-2-10)18-13(11)16-6-9-3-4-19(8-9)14(20)21/h7,9-10H,1-4,6,8H2,(H,20,21)(H,16,17,18)/t9-/m1/s1. The third-order valence-corrected chi connectivity index (χ3v) is 3.98. The van der Waals surface area contributed by atoms with Crippen molar-refractivity contribution in [3.05, 3.63) is 17.6 Å². The summed E-state index contributed by atoms with van der Waals surface area (Å²) < 4.78 is 0. The first-order valence-electron chi connectivity index (χ1n) is 7.16. The van der Waals surface area contributed by atoms with Crippen molar-refractivity contribution in [3.8, 4) is 6.07 Å². The molecule has 1 aliphatic heterocycles. The van der Waals surface area contributed by atoms with Crippen LogP contribution in [-0.4, -0.2) is 45.7 Å². The van der Waals surface area contributed by atoms with E-state index in [0.717, 1.165) is 25.1 Å². The summed E-state index contributed by atoms with van der Waals surface area (Å²) in [6.07, 6.45) is 3.76. The van der Waals surface area contributed by atoms with Gasteiger partial charge >= 0.3 is 6.09 Å². The van der Waals surface area contributed by atoms with E-state index in [1.165, 1.54) is 4.90 Å². The van der Waals surface area contributed by atoms with Crippen LogP contribution in [0.2, 0.25) is 0 Å². The summed E-state index contributed by atoms with van der Waals surface area (Å²) in [5.74, 6) is 2.07. The Labute approximate surface area is 122 Å². The Bertz CT molecular complexity index is 594. The molecule has 1 atom stereocenters. The summed E-state index contributed by atoms with van der Waals surface area (Å²) in [7, 11) is 0. The Morgan fingerprint density at radius 2 is 2.33 bits per heavy atom. The number of hydrogen-bond acceptors (Lipinski definition) is 5. The van der Waals surface area contributed by atoms with Crippen LogP contribution in [0.3, 0.4) is 0 Å². The summed E-state index contributed by atoms with van der Waals surface area (Å²) >= 11 is 0. The SMILES string of the molecule is N#Cc1cnc(C2CC2)nc1NC[C@H]1CCN(C(=O)O)C1. The topological polar surface area (TPSA) is 102 Å². The van der Waals surface area contributed by atoms with Crippen LogP contribution in [-0.2, 0) is 0 Å². The lowest BCUT2D eigenvalue weighted by Crippen LogP contribution is -2.28. The van der Waals surface area contributed by atoms with Gasteiger partial charge in [0.1, 0.15) is 23.3 Å². The van der Waals surface area contributed by atoms with Crippen LogP contribution in [0.15, 0.2) is 6.20 Å². The Balaban J connectivity index is 1.63. The molecule has 0 radical (unpaired) electrons. The van der Waals surface area contributed by atoms with E-state index in [1.54, 1.807) is 6.20 Å². The Kier molecular flexibility index (Phi) is 3.60. The lowest BCUT2D eigenvalue weighted by Gasteiger charge is -2.14. The van der Waals surface area contributed by atoms with Gasteiger partial charge in [0.15, 0.2) is 0 Å². The zero-order chi connectivity index (χ0) is 14.8. The van der Waals surface area contributed by atoms with Gasteiger partial charge in [0.2, 0.25) is 0 Å². The van der Waals surface area contributed by atoms with E-state index in [9.17, 15) is 4.79 Å². The summed E-state index contributed by atoms with van der Waals surface area (Å²) in [6.45, 7) is 1.73. The minimum Gasteiger partial charge on any atom is -0.465 e. The number of amides is 1. The van der Waals surface area contributed by atoms with Crippen molar-refractivity contribution in [1.82, 2.24) is 14.9 Å². The number of aromatic nitrogens is 2. The highest BCUT2D eigenvalue weighted by molar-refractivity contribution is 5.65. The van der Waals surface area contributed by atoms with E-state index in [1.807, 2.05) is 0 Å². The molecule has 7 nitrogen and oxygen atoms in total. The second kappa shape index (κ2) is 5.56. The monoisotopic (exact) mass is 287 g/mol. The summed E-state index contributed by atoms with van der Waals surface area (Å²) in [5, 5.41) is 21.3. The molecule has 0 bridgehead atoms. The minimum atomic E-state index is -0.867. The van der Waals surface area contributed by atoms with Crippen molar-refractivity contribution < 1.29 is 9.90 Å². The quantitative estimate of drug-likeness (QED) is 0.872. The number of nitrogens with zero attached hydrogens (tertiary/aromatic N) is 4. The maximum Gasteiger partial charge on any atom is 0.407 e. The van der Waals surface area contributed by atoms with Crippen LogP contribution < -0.4 is 5.32 Å². The Hall–Kier alpha value is -2.36. The molecule has 1 aliphatic carbocycles. The molecule has 7 heteroatoms. The van der Waals surface area contributed by atoms with E-state index in [-0.39, 0.29) is 5.92 Å². The summed E-state index contributed by atoms with van der Waals surface area (Å²) in [6, 6.07) is 2.09. The molecule has 1 saturated carbocycles. The molecule has 110 valence electrons. The minimum absolute atomic E-state index is 0.256. The number of likely N-dealkylation sites (tertiary alicyclic amines) is 1. The molecule has 0 spiro atoms. The van der Waals surface area contributed by atoms with E-state index < -0.39 is 6.09 Å². The van der Waals surface area contributed by atoms with Gasteiger partial charge in [-0.25, -0.2) is 14.8 Å². The number of hydrogen-bond donors (Lipinski definition) is 2. The molecule has 1 saturated heterocycles. The van der Waals surface area contributed by atoms with Gasteiger partial charge in [-0.3, -0.25) is 0 Å². The molecule has 2 fully saturated rings. The molecule has 21 heavy (non-hydrogen) atoms. The van der Waals surface area contributed by atoms with Crippen LogP contribution in [0.25, 0.3) is 0 Å². The predicted octanol–water partition coefficient (Wildman–Crippen LogP) is 1.64. The zero-order valence-corrected chi connectivity index (χ0v) is 11.6. The Morgan fingerprint density at radius 1 is 1.52 bits per heavy atom. The summed E-state index contributed by atoms with van der Waals surface area (Å²) in [4.78, 5) is 21.0. The van der Waals surface area contributed by atoms with Crippen LogP contribution in [0.1, 0.15) is 36.6 Å². The van der Waals surface area contributed by atoms with Crippen molar-refractivity contribution in [2.24, 2.45) is 5.92 Å². The molecular weight excluding hydrogens is 270 g/mol. The fraction of sp³-hybridized carbons (Fsp3) is 0.571. The molecule has 2 N–H and O–H groups in total. The van der Waals surface area contributed by atoms with Gasteiger partial charge in [0.05, 0.1) is 6.20 Å². The molecule has 0 unspecified atom stereocenters. The van der Waals surface area contributed by atoms with Gasteiger partial charge in [-0.05, 0) is 25.2 Å². The number of carbonyl (C=O) groups is 1. The van der Waals surface area contributed by atoms with E-state index in [0.29, 0.717) is 36.9 Å². The second-order valence-corrected chi connectivity index (χ2v) is 5.64. The van der Waals surface area contributed by atoms with Gasteiger partial charge in [-0.15, -0.1) is 0 Å². The lowest BCUT2D eigenvalue weighted by atomic mass is 10.1. The van der Waals surface area contributed by atoms with Crippen molar-refractivity contribution in [2.45, 2.75) is 25.2 Å².